The Morgan fingerprint density at radius 2 is 2.00 bits per heavy atom. The molecule has 1 aromatic heterocycles. The molecule has 0 radical (unpaired) electrons. The number of sulfone groups is 1. The lowest BCUT2D eigenvalue weighted by atomic mass is 10.2. The standard InChI is InChI=1S/C14H13N3O3S/c1-21(19,20)12-4-2-3-10-13(12)17-14(16-10)8-5-6-9(15)11(18)7-8/h2-7,18H,15H2,1H3,(H,16,17). The number of hydrogen-bond acceptors (Lipinski definition) is 5. The molecule has 0 saturated heterocycles. The Morgan fingerprint density at radius 1 is 1.24 bits per heavy atom. The maximum atomic E-state index is 11.8. The van der Waals surface area contributed by atoms with Crippen LogP contribution < -0.4 is 5.73 Å². The molecule has 2 aromatic carbocycles. The van der Waals surface area contributed by atoms with Crippen LogP contribution in [0.15, 0.2) is 41.3 Å². The van der Waals surface area contributed by atoms with Crippen molar-refractivity contribution >= 4 is 26.6 Å². The smallest absolute Gasteiger partial charge is 0.177 e. The minimum atomic E-state index is -3.37. The van der Waals surface area contributed by atoms with Crippen molar-refractivity contribution < 1.29 is 13.5 Å². The number of benzene rings is 2. The fourth-order valence-corrected chi connectivity index (χ4v) is 2.97. The fraction of sp³-hybridized carbons (Fsp3) is 0.0714. The van der Waals surface area contributed by atoms with Gasteiger partial charge in [-0.25, -0.2) is 13.4 Å². The molecule has 0 aliphatic rings. The van der Waals surface area contributed by atoms with Crippen LogP contribution in [0.4, 0.5) is 5.69 Å². The van der Waals surface area contributed by atoms with Crippen LogP contribution in [0.25, 0.3) is 22.4 Å². The molecule has 0 bridgehead atoms. The van der Waals surface area contributed by atoms with E-state index in [0.29, 0.717) is 22.4 Å². The second kappa shape index (κ2) is 4.49. The third-order valence-electron chi connectivity index (χ3n) is 3.18. The molecule has 3 rings (SSSR count). The van der Waals surface area contributed by atoms with E-state index in [1.165, 1.54) is 12.1 Å². The van der Waals surface area contributed by atoms with E-state index in [9.17, 15) is 13.5 Å². The van der Waals surface area contributed by atoms with E-state index in [1.807, 2.05) is 0 Å². The number of aromatic hydroxyl groups is 1. The Hall–Kier alpha value is -2.54. The van der Waals surface area contributed by atoms with Crippen molar-refractivity contribution in [1.29, 1.82) is 0 Å². The predicted octanol–water partition coefficient (Wildman–Crippen LogP) is 1.92. The Morgan fingerprint density at radius 3 is 2.67 bits per heavy atom. The van der Waals surface area contributed by atoms with Gasteiger partial charge in [-0.15, -0.1) is 0 Å². The van der Waals surface area contributed by atoms with E-state index >= 15 is 0 Å². The molecule has 0 aliphatic heterocycles. The number of hydrogen-bond donors (Lipinski definition) is 3. The summed E-state index contributed by atoms with van der Waals surface area (Å²) < 4.78 is 23.6. The molecule has 0 saturated carbocycles. The predicted molar refractivity (Wildman–Crippen MR) is 80.7 cm³/mol. The third kappa shape index (κ3) is 2.31. The van der Waals surface area contributed by atoms with Gasteiger partial charge in [-0.05, 0) is 30.3 Å². The highest BCUT2D eigenvalue weighted by Gasteiger charge is 2.16. The van der Waals surface area contributed by atoms with Gasteiger partial charge < -0.3 is 15.8 Å². The zero-order valence-corrected chi connectivity index (χ0v) is 12.0. The van der Waals surface area contributed by atoms with E-state index in [0.717, 1.165) is 6.26 Å². The first-order valence-corrected chi connectivity index (χ1v) is 8.03. The van der Waals surface area contributed by atoms with Crippen molar-refractivity contribution in [3.8, 4) is 17.1 Å². The fourth-order valence-electron chi connectivity index (χ4n) is 2.13. The van der Waals surface area contributed by atoms with Crippen LogP contribution in [-0.4, -0.2) is 29.7 Å². The first kappa shape index (κ1) is 13.4. The summed E-state index contributed by atoms with van der Waals surface area (Å²) in [6, 6.07) is 9.66. The topological polar surface area (TPSA) is 109 Å². The average Bonchev–Trinajstić information content (AvgIpc) is 2.84. The molecule has 108 valence electrons. The van der Waals surface area contributed by atoms with Gasteiger partial charge in [0.15, 0.2) is 9.84 Å². The van der Waals surface area contributed by atoms with Crippen LogP contribution in [0, 0.1) is 0 Å². The van der Waals surface area contributed by atoms with Gasteiger partial charge in [-0.1, -0.05) is 6.07 Å². The zero-order chi connectivity index (χ0) is 15.2. The minimum absolute atomic E-state index is 0.0451. The second-order valence-corrected chi connectivity index (χ2v) is 6.77. The van der Waals surface area contributed by atoms with E-state index in [2.05, 4.69) is 9.97 Å². The van der Waals surface area contributed by atoms with Gasteiger partial charge in [0.05, 0.1) is 16.1 Å². The van der Waals surface area contributed by atoms with Crippen LogP contribution in [0.5, 0.6) is 5.75 Å². The van der Waals surface area contributed by atoms with Crippen LogP contribution in [0.2, 0.25) is 0 Å². The van der Waals surface area contributed by atoms with Crippen LogP contribution >= 0.6 is 0 Å². The number of H-pyrrole nitrogens is 1. The highest BCUT2D eigenvalue weighted by atomic mass is 32.2. The number of aromatic nitrogens is 2. The number of phenolic OH excluding ortho intramolecular Hbond substituents is 1. The molecule has 0 spiro atoms. The number of anilines is 1. The molecule has 0 amide bonds. The Balaban J connectivity index is 2.24. The molecular formula is C14H13N3O3S. The summed E-state index contributed by atoms with van der Waals surface area (Å²) in [7, 11) is -3.37. The number of nitrogen functional groups attached to an aromatic ring is 1. The molecule has 0 unspecified atom stereocenters. The number of rotatable bonds is 2. The summed E-state index contributed by atoms with van der Waals surface area (Å²) in [6.07, 6.45) is 1.14. The monoisotopic (exact) mass is 303 g/mol. The summed E-state index contributed by atoms with van der Waals surface area (Å²) in [5.41, 5.74) is 7.45. The van der Waals surface area contributed by atoms with Gasteiger partial charge >= 0.3 is 0 Å². The molecule has 4 N–H and O–H groups in total. The molecule has 0 fully saturated rings. The highest BCUT2D eigenvalue weighted by molar-refractivity contribution is 7.91. The summed E-state index contributed by atoms with van der Waals surface area (Å²) in [6.45, 7) is 0. The number of imidazole rings is 1. The lowest BCUT2D eigenvalue weighted by Gasteiger charge is -2.00. The lowest BCUT2D eigenvalue weighted by molar-refractivity contribution is 0.478. The first-order chi connectivity index (χ1) is 9.86. The van der Waals surface area contributed by atoms with Crippen molar-refractivity contribution in [3.05, 3.63) is 36.4 Å². The summed E-state index contributed by atoms with van der Waals surface area (Å²) in [4.78, 5) is 7.55. The molecule has 3 aromatic rings. The van der Waals surface area contributed by atoms with E-state index in [-0.39, 0.29) is 16.3 Å². The molecule has 7 heteroatoms. The van der Waals surface area contributed by atoms with Crippen LogP contribution in [0.1, 0.15) is 0 Å². The van der Waals surface area contributed by atoms with Gasteiger partial charge in [-0.2, -0.15) is 0 Å². The zero-order valence-electron chi connectivity index (χ0n) is 11.2. The van der Waals surface area contributed by atoms with Crippen molar-refractivity contribution in [3.63, 3.8) is 0 Å². The number of aromatic amines is 1. The summed E-state index contributed by atoms with van der Waals surface area (Å²) >= 11 is 0. The largest absolute Gasteiger partial charge is 0.506 e. The van der Waals surface area contributed by atoms with Gasteiger partial charge in [0, 0.05) is 11.8 Å². The molecule has 21 heavy (non-hydrogen) atoms. The quantitative estimate of drug-likeness (QED) is 0.495. The van der Waals surface area contributed by atoms with Gasteiger partial charge in [-0.3, -0.25) is 0 Å². The molecule has 1 heterocycles. The van der Waals surface area contributed by atoms with Crippen molar-refractivity contribution in [1.82, 2.24) is 9.97 Å². The molecule has 0 atom stereocenters. The normalized spacial score (nSPS) is 11.9. The van der Waals surface area contributed by atoms with Gasteiger partial charge in [0.25, 0.3) is 0 Å². The van der Waals surface area contributed by atoms with Crippen LogP contribution in [-0.2, 0) is 9.84 Å². The van der Waals surface area contributed by atoms with Crippen molar-refractivity contribution in [2.75, 3.05) is 12.0 Å². The number of phenols is 1. The molecule has 6 nitrogen and oxygen atoms in total. The number of nitrogens with zero attached hydrogens (tertiary/aromatic N) is 1. The summed E-state index contributed by atoms with van der Waals surface area (Å²) in [5, 5.41) is 9.66. The van der Waals surface area contributed by atoms with E-state index < -0.39 is 9.84 Å². The average molecular weight is 303 g/mol. The first-order valence-electron chi connectivity index (χ1n) is 6.14. The lowest BCUT2D eigenvalue weighted by Crippen LogP contribution is -1.97. The Kier molecular flexibility index (Phi) is 2.87. The number of nitrogens with one attached hydrogen (secondary N) is 1. The van der Waals surface area contributed by atoms with Gasteiger partial charge in [0.2, 0.25) is 0 Å². The SMILES string of the molecule is CS(=O)(=O)c1cccc2[nH]c(-c3ccc(N)c(O)c3)nc12. The maximum absolute atomic E-state index is 11.8. The third-order valence-corrected chi connectivity index (χ3v) is 4.31. The minimum Gasteiger partial charge on any atom is -0.506 e. The highest BCUT2D eigenvalue weighted by Crippen LogP contribution is 2.29. The Labute approximate surface area is 121 Å². The number of fused-ring (bicyclic) bond motifs is 1. The summed E-state index contributed by atoms with van der Waals surface area (Å²) in [5.74, 6) is 0.424. The Bertz CT molecular complexity index is 945. The van der Waals surface area contributed by atoms with E-state index in [1.54, 1.807) is 24.3 Å². The maximum Gasteiger partial charge on any atom is 0.177 e. The van der Waals surface area contributed by atoms with Crippen molar-refractivity contribution in [2.45, 2.75) is 4.90 Å². The van der Waals surface area contributed by atoms with Crippen molar-refractivity contribution in [2.24, 2.45) is 0 Å². The molecule has 0 aliphatic carbocycles. The number of para-hydroxylation sites is 1. The van der Waals surface area contributed by atoms with E-state index in [4.69, 9.17) is 5.73 Å². The van der Waals surface area contributed by atoms with Crippen LogP contribution in [0.3, 0.4) is 0 Å². The molecular weight excluding hydrogens is 290 g/mol. The second-order valence-electron chi connectivity index (χ2n) is 4.78. The van der Waals surface area contributed by atoms with Gasteiger partial charge in [0.1, 0.15) is 17.1 Å². The number of nitrogens with two attached hydrogens (primary N) is 1.